The van der Waals surface area contributed by atoms with Gasteiger partial charge in [0.15, 0.2) is 17.9 Å². The van der Waals surface area contributed by atoms with Gasteiger partial charge >= 0.3 is 0 Å². The number of aryl methyl sites for hydroxylation is 3. The van der Waals surface area contributed by atoms with Gasteiger partial charge in [0.2, 0.25) is 11.8 Å². The van der Waals surface area contributed by atoms with Crippen molar-refractivity contribution in [2.75, 3.05) is 26.4 Å². The summed E-state index contributed by atoms with van der Waals surface area (Å²) >= 11 is 0. The van der Waals surface area contributed by atoms with E-state index in [9.17, 15) is 29.5 Å². The summed E-state index contributed by atoms with van der Waals surface area (Å²) in [7, 11) is 0. The highest BCUT2D eigenvalue weighted by molar-refractivity contribution is 5.95. The summed E-state index contributed by atoms with van der Waals surface area (Å²) in [6.45, 7) is 18.3. The summed E-state index contributed by atoms with van der Waals surface area (Å²) < 4.78 is 23.5. The average Bonchev–Trinajstić information content (AvgIpc) is 3.91. The molecule has 14 heteroatoms. The third kappa shape index (κ3) is 12.1. The van der Waals surface area contributed by atoms with Crippen LogP contribution in [0.4, 0.5) is 0 Å². The minimum Gasteiger partial charge on any atom is -0.494 e. The van der Waals surface area contributed by atoms with Crippen LogP contribution in [-0.4, -0.2) is 95.2 Å². The number of benzene rings is 3. The first-order chi connectivity index (χ1) is 31.7. The third-order valence-electron chi connectivity index (χ3n) is 13.2. The number of carbonyl (C=O) groups is 4. The quantitative estimate of drug-likeness (QED) is 0.0736. The topological polar surface area (TPSA) is 193 Å². The van der Waals surface area contributed by atoms with Crippen molar-refractivity contribution in [3.05, 3.63) is 101 Å². The molecule has 2 aliphatic rings. The first-order valence-electron chi connectivity index (χ1n) is 23.3. The van der Waals surface area contributed by atoms with Crippen LogP contribution in [0, 0.1) is 41.4 Å². The molecule has 0 unspecified atom stereocenters. The van der Waals surface area contributed by atoms with Gasteiger partial charge < -0.3 is 39.3 Å². The molecule has 67 heavy (non-hydrogen) atoms. The monoisotopic (exact) mass is 917 g/mol. The van der Waals surface area contributed by atoms with Crippen LogP contribution in [-0.2, 0) is 25.5 Å². The highest BCUT2D eigenvalue weighted by Gasteiger charge is 2.64. The second-order valence-electron chi connectivity index (χ2n) is 20.3. The van der Waals surface area contributed by atoms with E-state index in [1.807, 2.05) is 71.0 Å². The van der Waals surface area contributed by atoms with E-state index in [2.05, 4.69) is 49.4 Å². The number of hydrogen-bond acceptors (Lipinski definition) is 11. The maximum absolute atomic E-state index is 14.0. The molecule has 358 valence electrons. The van der Waals surface area contributed by atoms with Crippen molar-refractivity contribution in [3.8, 4) is 28.9 Å². The lowest BCUT2D eigenvalue weighted by Gasteiger charge is -2.63. The normalized spacial score (nSPS) is 20.0. The molecule has 1 saturated carbocycles. The third-order valence-corrected chi connectivity index (χ3v) is 13.2. The van der Waals surface area contributed by atoms with Crippen molar-refractivity contribution in [1.29, 1.82) is 5.26 Å². The molecule has 1 aliphatic carbocycles. The summed E-state index contributed by atoms with van der Waals surface area (Å²) in [4.78, 5) is 59.5. The largest absolute Gasteiger partial charge is 0.494 e. The van der Waals surface area contributed by atoms with Crippen LogP contribution >= 0.6 is 0 Å². The maximum Gasteiger partial charge on any atom is 0.251 e. The Morgan fingerprint density at radius 2 is 1.61 bits per heavy atom. The van der Waals surface area contributed by atoms with Gasteiger partial charge in [0.1, 0.15) is 30.3 Å². The minimum absolute atomic E-state index is 0.0181. The first kappa shape index (κ1) is 50.4. The molecule has 0 spiro atoms. The predicted octanol–water partition coefficient (Wildman–Crippen LogP) is 7.70. The summed E-state index contributed by atoms with van der Waals surface area (Å²) in [5, 5.41) is 26.0. The van der Waals surface area contributed by atoms with Crippen LogP contribution in [0.5, 0.6) is 11.5 Å². The number of likely N-dealkylation sites (tertiary alicyclic amines) is 1. The summed E-state index contributed by atoms with van der Waals surface area (Å²) in [5.74, 6) is 0.911. The lowest BCUT2D eigenvalue weighted by atomic mass is 9.49. The SMILES string of the molecule is Cc1cc(OC2C(C)(C)C(NC(=O)c3ccc(OCCCCCOCC(=O)N[C@H](C(=O)N4C[C@H](O)C[C@H]4C(=O)CCc4ccc(-c5ocnc5C)cc4)C(C)(C)C)cc3)C2(C)C)ccc1C#N. The van der Waals surface area contributed by atoms with Gasteiger partial charge in [-0.15, -0.1) is 0 Å². The number of nitrogens with zero attached hydrogens (tertiary/aromatic N) is 3. The van der Waals surface area contributed by atoms with E-state index in [-0.39, 0.29) is 60.7 Å². The maximum atomic E-state index is 14.0. The number of rotatable bonds is 20. The number of ketones is 1. The standard InChI is InChI=1S/C53H67N5O9/c1-33-27-41(23-20-38(33)29-54)67-50-52(6,7)49(53(50,8)9)57-47(62)37-18-21-40(22-19-37)65-26-12-10-11-25-64-31-44(61)56-46(51(3,4)5)48(63)58-30-39(59)28-42(58)43(60)24-15-35-13-16-36(17-14-35)45-34(2)55-32-66-45/h13-14,16-23,27,32,39,42,46,49-50,59H,10-12,15,24-26,28,30-31H2,1-9H3,(H,56,61)(H,57,62)/t39-,42+,46-,49?,50?/m1/s1. The van der Waals surface area contributed by atoms with E-state index >= 15 is 0 Å². The van der Waals surface area contributed by atoms with E-state index in [0.717, 1.165) is 35.2 Å². The van der Waals surface area contributed by atoms with Crippen LogP contribution in [0.15, 0.2) is 77.5 Å². The Balaban J connectivity index is 0.878. The number of aliphatic hydroxyl groups is 1. The fourth-order valence-electron chi connectivity index (χ4n) is 9.74. The van der Waals surface area contributed by atoms with Gasteiger partial charge in [0.05, 0.1) is 36.1 Å². The Hall–Kier alpha value is -6.04. The zero-order valence-corrected chi connectivity index (χ0v) is 40.4. The summed E-state index contributed by atoms with van der Waals surface area (Å²) in [6, 6.07) is 20.6. The van der Waals surface area contributed by atoms with E-state index in [0.29, 0.717) is 54.4 Å². The van der Waals surface area contributed by atoms with Gasteiger partial charge in [-0.25, -0.2) is 4.98 Å². The number of unbranched alkanes of at least 4 members (excludes halogenated alkanes) is 2. The number of carbonyl (C=O) groups excluding carboxylic acids is 4. The molecule has 1 saturated heterocycles. The van der Waals surface area contributed by atoms with Crippen molar-refractivity contribution in [3.63, 3.8) is 0 Å². The fraction of sp³-hybridized carbons (Fsp3) is 0.509. The smallest absolute Gasteiger partial charge is 0.251 e. The van der Waals surface area contributed by atoms with Gasteiger partial charge in [-0.1, -0.05) is 72.7 Å². The molecule has 3 aromatic carbocycles. The molecule has 1 aliphatic heterocycles. The number of amides is 3. The lowest BCUT2D eigenvalue weighted by molar-refractivity contribution is -0.164. The van der Waals surface area contributed by atoms with E-state index in [1.54, 1.807) is 30.3 Å². The van der Waals surface area contributed by atoms with Crippen molar-refractivity contribution in [1.82, 2.24) is 20.5 Å². The van der Waals surface area contributed by atoms with Gasteiger partial charge in [-0.05, 0) is 98.5 Å². The number of aromatic nitrogens is 1. The van der Waals surface area contributed by atoms with E-state index < -0.39 is 35.4 Å². The van der Waals surface area contributed by atoms with Crippen molar-refractivity contribution >= 4 is 23.5 Å². The molecule has 6 rings (SSSR count). The number of nitriles is 1. The number of hydrogen-bond donors (Lipinski definition) is 3. The number of ether oxygens (including phenoxy) is 3. The van der Waals surface area contributed by atoms with Gasteiger partial charge in [-0.2, -0.15) is 5.26 Å². The Morgan fingerprint density at radius 3 is 2.24 bits per heavy atom. The van der Waals surface area contributed by atoms with Crippen LogP contribution in [0.1, 0.15) is 113 Å². The molecular formula is C53H67N5O9. The molecule has 3 atom stereocenters. The molecule has 2 heterocycles. The molecule has 0 bridgehead atoms. The zero-order chi connectivity index (χ0) is 48.7. The second-order valence-corrected chi connectivity index (χ2v) is 20.3. The Bertz CT molecular complexity index is 2400. The molecule has 1 aromatic heterocycles. The highest BCUT2D eigenvalue weighted by Crippen LogP contribution is 2.55. The molecule has 3 N–H and O–H groups in total. The average molecular weight is 918 g/mol. The van der Waals surface area contributed by atoms with Crippen LogP contribution in [0.2, 0.25) is 0 Å². The summed E-state index contributed by atoms with van der Waals surface area (Å²) in [6.07, 6.45) is 3.49. The van der Waals surface area contributed by atoms with Gasteiger partial charge in [0, 0.05) is 54.0 Å². The molecule has 14 nitrogen and oxygen atoms in total. The van der Waals surface area contributed by atoms with Gasteiger partial charge in [0.25, 0.3) is 5.91 Å². The number of β-amino-alcohol motifs (C(OH)–C–C–N with tert-alkyl or cyclic N) is 1. The predicted molar refractivity (Wildman–Crippen MR) is 253 cm³/mol. The van der Waals surface area contributed by atoms with Crippen molar-refractivity contribution in [2.45, 2.75) is 131 Å². The Kier molecular flexibility index (Phi) is 16.0. The van der Waals surface area contributed by atoms with Gasteiger partial charge in [-0.3, -0.25) is 19.2 Å². The van der Waals surface area contributed by atoms with E-state index in [1.165, 1.54) is 11.3 Å². The highest BCUT2D eigenvalue weighted by atomic mass is 16.5. The fourth-order valence-corrected chi connectivity index (χ4v) is 9.74. The van der Waals surface area contributed by atoms with Crippen molar-refractivity contribution < 1.29 is 42.9 Å². The molecule has 4 aromatic rings. The summed E-state index contributed by atoms with van der Waals surface area (Å²) in [5.41, 5.74) is 3.29. The van der Waals surface area contributed by atoms with Crippen LogP contribution in [0.3, 0.4) is 0 Å². The lowest BCUT2D eigenvalue weighted by Crippen LogP contribution is -2.74. The molecule has 2 fully saturated rings. The number of aliphatic hydroxyl groups excluding tert-OH is 1. The van der Waals surface area contributed by atoms with Crippen LogP contribution < -0.4 is 20.1 Å². The molecule has 3 amide bonds. The van der Waals surface area contributed by atoms with Crippen molar-refractivity contribution in [2.24, 2.45) is 16.2 Å². The Morgan fingerprint density at radius 1 is 0.940 bits per heavy atom. The number of nitrogens with one attached hydrogen (secondary N) is 2. The molecular weight excluding hydrogens is 851 g/mol. The first-order valence-corrected chi connectivity index (χ1v) is 23.3. The Labute approximate surface area is 394 Å². The zero-order valence-electron chi connectivity index (χ0n) is 40.4. The molecule has 0 radical (unpaired) electrons. The van der Waals surface area contributed by atoms with Crippen LogP contribution in [0.25, 0.3) is 11.3 Å². The number of oxazole rings is 1. The second kappa shape index (κ2) is 21.3. The van der Waals surface area contributed by atoms with E-state index in [4.69, 9.17) is 18.6 Å². The minimum atomic E-state index is -0.932. The number of Topliss-reactive ketones (excluding diaryl/α,β-unsaturated/α-hetero) is 1.